The van der Waals surface area contributed by atoms with Gasteiger partial charge in [0.1, 0.15) is 23.9 Å². The van der Waals surface area contributed by atoms with Gasteiger partial charge in [0.15, 0.2) is 0 Å². The Balaban J connectivity index is 1.23. The molecular formula is C25H25FN4O3. The van der Waals surface area contributed by atoms with E-state index in [1.54, 1.807) is 42.7 Å². The molecule has 1 aliphatic heterocycles. The highest BCUT2D eigenvalue weighted by atomic mass is 19.1. The number of halogens is 1. The summed E-state index contributed by atoms with van der Waals surface area (Å²) in [5, 5.41) is 2.77. The van der Waals surface area contributed by atoms with Crippen LogP contribution in [-0.4, -0.2) is 52.9 Å². The van der Waals surface area contributed by atoms with Crippen LogP contribution in [0.15, 0.2) is 67.0 Å². The van der Waals surface area contributed by atoms with E-state index in [4.69, 9.17) is 4.74 Å². The third-order valence-electron chi connectivity index (χ3n) is 5.59. The van der Waals surface area contributed by atoms with Crippen molar-refractivity contribution in [2.45, 2.75) is 18.8 Å². The molecule has 0 radical (unpaired) electrons. The highest BCUT2D eigenvalue weighted by molar-refractivity contribution is 5.94. The number of pyridine rings is 2. The Bertz CT molecular complexity index is 1080. The van der Waals surface area contributed by atoms with Gasteiger partial charge in [-0.05, 0) is 49.2 Å². The molecule has 8 heteroatoms. The summed E-state index contributed by atoms with van der Waals surface area (Å²) in [5.74, 6) is 0.00820. The van der Waals surface area contributed by atoms with Gasteiger partial charge in [-0.1, -0.05) is 12.1 Å². The summed E-state index contributed by atoms with van der Waals surface area (Å²) < 4.78 is 18.6. The van der Waals surface area contributed by atoms with Crippen LogP contribution in [0.25, 0.3) is 0 Å². The average Bonchev–Trinajstić information content (AvgIpc) is 2.87. The molecule has 2 aromatic heterocycles. The number of carbonyl (C=O) groups is 2. The number of hydrogen-bond acceptors (Lipinski definition) is 5. The molecule has 0 atom stereocenters. The number of carbonyl (C=O) groups excluding carboxylic acids is 2. The van der Waals surface area contributed by atoms with Crippen molar-refractivity contribution in [1.29, 1.82) is 0 Å². The first-order valence-electron chi connectivity index (χ1n) is 10.9. The first-order valence-corrected chi connectivity index (χ1v) is 10.9. The Morgan fingerprint density at radius 1 is 1.06 bits per heavy atom. The summed E-state index contributed by atoms with van der Waals surface area (Å²) in [4.78, 5) is 35.3. The Labute approximate surface area is 191 Å². The third kappa shape index (κ3) is 5.91. The van der Waals surface area contributed by atoms with Gasteiger partial charge >= 0.3 is 0 Å². The molecule has 1 aromatic carbocycles. The number of likely N-dealkylation sites (tertiary alicyclic amines) is 1. The molecular weight excluding hydrogens is 423 g/mol. The molecule has 0 aliphatic carbocycles. The van der Waals surface area contributed by atoms with Crippen molar-refractivity contribution < 1.29 is 18.7 Å². The van der Waals surface area contributed by atoms with Crippen molar-refractivity contribution in [3.63, 3.8) is 0 Å². The van der Waals surface area contributed by atoms with E-state index < -0.39 is 0 Å². The number of nitrogens with one attached hydrogen (secondary N) is 1. The van der Waals surface area contributed by atoms with E-state index in [0.29, 0.717) is 36.6 Å². The quantitative estimate of drug-likeness (QED) is 0.560. The van der Waals surface area contributed by atoms with Crippen LogP contribution in [-0.2, 0) is 0 Å². The van der Waals surface area contributed by atoms with Gasteiger partial charge in [0.25, 0.3) is 11.8 Å². The smallest absolute Gasteiger partial charge is 0.272 e. The second-order valence-corrected chi connectivity index (χ2v) is 7.81. The third-order valence-corrected chi connectivity index (χ3v) is 5.59. The summed E-state index contributed by atoms with van der Waals surface area (Å²) in [6, 6.07) is 14.8. The molecule has 0 unspecified atom stereocenters. The van der Waals surface area contributed by atoms with Gasteiger partial charge in [-0.2, -0.15) is 0 Å². The number of hydrogen-bond donors (Lipinski definition) is 1. The fourth-order valence-electron chi connectivity index (χ4n) is 3.80. The lowest BCUT2D eigenvalue weighted by Gasteiger charge is -2.31. The van der Waals surface area contributed by atoms with E-state index in [9.17, 15) is 14.0 Å². The van der Waals surface area contributed by atoms with Gasteiger partial charge in [-0.3, -0.25) is 19.6 Å². The summed E-state index contributed by atoms with van der Waals surface area (Å²) in [6.07, 6.45) is 4.83. The fourth-order valence-corrected chi connectivity index (χ4v) is 3.80. The molecule has 1 saturated heterocycles. The lowest BCUT2D eigenvalue weighted by Crippen LogP contribution is -2.38. The highest BCUT2D eigenvalue weighted by Crippen LogP contribution is 2.27. The van der Waals surface area contributed by atoms with Gasteiger partial charge in [0, 0.05) is 43.2 Å². The zero-order valence-corrected chi connectivity index (χ0v) is 18.1. The number of ether oxygens (including phenoxy) is 1. The first-order chi connectivity index (χ1) is 16.1. The van der Waals surface area contributed by atoms with Crippen LogP contribution >= 0.6 is 0 Å². The molecule has 2 amide bonds. The van der Waals surface area contributed by atoms with Gasteiger partial charge in [0.2, 0.25) is 0 Å². The van der Waals surface area contributed by atoms with Gasteiger partial charge < -0.3 is 15.0 Å². The van der Waals surface area contributed by atoms with E-state index in [1.165, 1.54) is 12.1 Å². The topological polar surface area (TPSA) is 84.4 Å². The average molecular weight is 448 g/mol. The van der Waals surface area contributed by atoms with E-state index in [-0.39, 0.29) is 30.2 Å². The fraction of sp³-hybridized carbons (Fsp3) is 0.280. The van der Waals surface area contributed by atoms with Gasteiger partial charge in [0.05, 0.1) is 12.1 Å². The Hall–Kier alpha value is -3.81. The number of nitrogens with zero attached hydrogens (tertiary/aromatic N) is 3. The summed E-state index contributed by atoms with van der Waals surface area (Å²) in [5.41, 5.74) is 1.85. The normalized spacial score (nSPS) is 14.0. The minimum atomic E-state index is -0.367. The second-order valence-electron chi connectivity index (χ2n) is 7.81. The predicted octanol–water partition coefficient (Wildman–Crippen LogP) is 3.44. The maximum absolute atomic E-state index is 13.1. The molecule has 4 rings (SSSR count). The number of aromatic nitrogens is 2. The summed E-state index contributed by atoms with van der Waals surface area (Å²) in [7, 11) is 0. The Morgan fingerprint density at radius 2 is 1.91 bits per heavy atom. The summed E-state index contributed by atoms with van der Waals surface area (Å²) >= 11 is 0. The van der Waals surface area contributed by atoms with Crippen molar-refractivity contribution in [3.05, 3.63) is 89.8 Å². The number of benzene rings is 1. The van der Waals surface area contributed by atoms with Crippen molar-refractivity contribution in [2.75, 3.05) is 26.2 Å². The predicted molar refractivity (Wildman–Crippen MR) is 121 cm³/mol. The largest absolute Gasteiger partial charge is 0.492 e. The van der Waals surface area contributed by atoms with Crippen LogP contribution in [0.5, 0.6) is 5.75 Å². The van der Waals surface area contributed by atoms with Crippen LogP contribution in [0.1, 0.15) is 45.3 Å². The Kier molecular flexibility index (Phi) is 7.24. The first kappa shape index (κ1) is 22.4. The lowest BCUT2D eigenvalue weighted by molar-refractivity contribution is 0.0705. The van der Waals surface area contributed by atoms with Gasteiger partial charge in [-0.25, -0.2) is 4.39 Å². The standard InChI is InChI=1S/C25H25FN4O3/c26-20-4-3-5-21(16-20)33-15-12-28-24(31)19-7-8-22(29-17-19)18-9-13-30(14-10-18)25(32)23-6-1-2-11-27-23/h1-8,11,16-18H,9-10,12-15H2,(H,28,31). The summed E-state index contributed by atoms with van der Waals surface area (Å²) in [6.45, 7) is 1.82. The SMILES string of the molecule is O=C(NCCOc1cccc(F)c1)c1ccc(C2CCN(C(=O)c3ccccn3)CC2)nc1. The minimum absolute atomic E-state index is 0.0459. The van der Waals surface area contributed by atoms with E-state index >= 15 is 0 Å². The number of piperidine rings is 1. The van der Waals surface area contributed by atoms with Crippen molar-refractivity contribution in [2.24, 2.45) is 0 Å². The van der Waals surface area contributed by atoms with Crippen molar-refractivity contribution >= 4 is 11.8 Å². The molecule has 0 saturated carbocycles. The monoisotopic (exact) mass is 448 g/mol. The number of amides is 2. The van der Waals surface area contributed by atoms with Gasteiger partial charge in [-0.15, -0.1) is 0 Å². The van der Waals surface area contributed by atoms with Crippen LogP contribution < -0.4 is 10.1 Å². The van der Waals surface area contributed by atoms with Crippen molar-refractivity contribution in [3.8, 4) is 5.75 Å². The van der Waals surface area contributed by atoms with E-state index in [0.717, 1.165) is 18.5 Å². The molecule has 3 aromatic rings. The van der Waals surface area contributed by atoms with Crippen LogP contribution in [0.3, 0.4) is 0 Å². The Morgan fingerprint density at radius 3 is 2.61 bits per heavy atom. The zero-order chi connectivity index (χ0) is 23.0. The van der Waals surface area contributed by atoms with E-state index in [2.05, 4.69) is 15.3 Å². The molecule has 33 heavy (non-hydrogen) atoms. The molecule has 1 N–H and O–H groups in total. The highest BCUT2D eigenvalue weighted by Gasteiger charge is 2.25. The van der Waals surface area contributed by atoms with Crippen LogP contribution in [0.2, 0.25) is 0 Å². The van der Waals surface area contributed by atoms with E-state index in [1.807, 2.05) is 17.0 Å². The molecule has 7 nitrogen and oxygen atoms in total. The van der Waals surface area contributed by atoms with Crippen LogP contribution in [0.4, 0.5) is 4.39 Å². The minimum Gasteiger partial charge on any atom is -0.492 e. The lowest BCUT2D eigenvalue weighted by atomic mass is 9.92. The maximum atomic E-state index is 13.1. The molecule has 170 valence electrons. The second kappa shape index (κ2) is 10.7. The van der Waals surface area contributed by atoms with Crippen molar-refractivity contribution in [1.82, 2.24) is 20.2 Å². The zero-order valence-electron chi connectivity index (χ0n) is 18.1. The molecule has 1 fully saturated rings. The van der Waals surface area contributed by atoms with Crippen LogP contribution in [0, 0.1) is 5.82 Å². The molecule has 1 aliphatic rings. The number of rotatable bonds is 7. The molecule has 3 heterocycles. The molecule has 0 spiro atoms. The maximum Gasteiger partial charge on any atom is 0.272 e. The molecule has 0 bridgehead atoms.